The summed E-state index contributed by atoms with van der Waals surface area (Å²) in [4.78, 5) is 18.0. The maximum atomic E-state index is 13.7. The first-order chi connectivity index (χ1) is 15.5. The predicted octanol–water partition coefficient (Wildman–Crippen LogP) is 5.72. The molecule has 4 aliphatic carbocycles. The third-order valence-electron chi connectivity index (χ3n) is 7.64. The van der Waals surface area contributed by atoms with Crippen LogP contribution in [0, 0.1) is 17.3 Å². The highest BCUT2D eigenvalue weighted by molar-refractivity contribution is 9.10. The number of nitrogens with one attached hydrogen (secondary N) is 2. The summed E-state index contributed by atoms with van der Waals surface area (Å²) in [5.41, 5.74) is 2.41. The Labute approximate surface area is 195 Å². The van der Waals surface area contributed by atoms with Crippen LogP contribution in [-0.4, -0.2) is 20.7 Å². The highest BCUT2D eigenvalue weighted by Crippen LogP contribution is 2.64. The van der Waals surface area contributed by atoms with Crippen molar-refractivity contribution in [2.75, 3.05) is 10.6 Å². The summed E-state index contributed by atoms with van der Waals surface area (Å²) in [6, 6.07) is 18.0. The number of carbonyl (C=O) groups excluding carboxylic acids is 1. The lowest BCUT2D eigenvalue weighted by Gasteiger charge is -2.60. The van der Waals surface area contributed by atoms with Crippen LogP contribution in [-0.2, 0) is 10.3 Å². The summed E-state index contributed by atoms with van der Waals surface area (Å²) in [6.45, 7) is 0. The van der Waals surface area contributed by atoms with Crippen LogP contribution in [0.15, 0.2) is 65.7 Å². The zero-order valence-electron chi connectivity index (χ0n) is 17.8. The van der Waals surface area contributed by atoms with Gasteiger partial charge in [0.1, 0.15) is 6.33 Å². The van der Waals surface area contributed by atoms with E-state index in [1.807, 2.05) is 65.6 Å². The molecule has 0 aliphatic heterocycles. The first-order valence-electron chi connectivity index (χ1n) is 11.3. The minimum atomic E-state index is -0.328. The summed E-state index contributed by atoms with van der Waals surface area (Å²) in [6.07, 6.45) is 8.08. The molecule has 0 saturated heterocycles. The molecule has 32 heavy (non-hydrogen) atoms. The van der Waals surface area contributed by atoms with Gasteiger partial charge in [-0.1, -0.05) is 24.3 Å². The number of halogens is 1. The third-order valence-corrected chi connectivity index (χ3v) is 8.01. The molecule has 4 bridgehead atoms. The molecule has 3 aromatic rings. The van der Waals surface area contributed by atoms with Gasteiger partial charge >= 0.3 is 0 Å². The highest BCUT2D eigenvalue weighted by atomic mass is 79.9. The topological polar surface area (TPSA) is 71.8 Å². The van der Waals surface area contributed by atoms with Crippen LogP contribution in [0.1, 0.15) is 38.5 Å². The molecule has 0 spiro atoms. The van der Waals surface area contributed by atoms with Crippen LogP contribution in [0.3, 0.4) is 0 Å². The van der Waals surface area contributed by atoms with Gasteiger partial charge in [0.05, 0.1) is 11.0 Å². The van der Waals surface area contributed by atoms with Gasteiger partial charge in [-0.25, -0.2) is 9.67 Å². The van der Waals surface area contributed by atoms with E-state index in [2.05, 4.69) is 36.6 Å². The number of aromatic nitrogens is 3. The lowest BCUT2D eigenvalue weighted by atomic mass is 9.46. The number of hydrogen-bond acceptors (Lipinski definition) is 4. The fourth-order valence-corrected chi connectivity index (χ4v) is 7.11. The van der Waals surface area contributed by atoms with Crippen molar-refractivity contribution in [1.82, 2.24) is 14.8 Å². The molecule has 0 radical (unpaired) electrons. The van der Waals surface area contributed by atoms with E-state index < -0.39 is 0 Å². The molecule has 0 unspecified atom stereocenters. The number of hydrogen-bond donors (Lipinski definition) is 2. The molecule has 7 heteroatoms. The van der Waals surface area contributed by atoms with E-state index in [1.165, 1.54) is 6.42 Å². The summed E-state index contributed by atoms with van der Waals surface area (Å²) in [5, 5.41) is 11.3. The molecule has 2 N–H and O–H groups in total. The molecule has 6 nitrogen and oxygen atoms in total. The summed E-state index contributed by atoms with van der Waals surface area (Å²) >= 11 is 3.40. The molecule has 4 fully saturated rings. The maximum absolute atomic E-state index is 13.7. The first kappa shape index (κ1) is 20.0. The zero-order chi connectivity index (χ0) is 21.8. The first-order valence-corrected chi connectivity index (χ1v) is 12.1. The lowest BCUT2D eigenvalue weighted by molar-refractivity contribution is -0.150. The smallest absolute Gasteiger partial charge is 0.230 e. The number of carbonyl (C=O) groups is 1. The summed E-state index contributed by atoms with van der Waals surface area (Å²) < 4.78 is 2.66. The molecule has 1 amide bonds. The Morgan fingerprint density at radius 3 is 2.41 bits per heavy atom. The van der Waals surface area contributed by atoms with Gasteiger partial charge in [-0.3, -0.25) is 4.79 Å². The van der Waals surface area contributed by atoms with Crippen LogP contribution in [0.25, 0.3) is 0 Å². The van der Waals surface area contributed by atoms with Gasteiger partial charge < -0.3 is 10.6 Å². The quantitative estimate of drug-likeness (QED) is 0.478. The van der Waals surface area contributed by atoms with E-state index in [4.69, 9.17) is 0 Å². The van der Waals surface area contributed by atoms with Gasteiger partial charge in [-0.15, -0.1) is 5.10 Å². The van der Waals surface area contributed by atoms with Crippen molar-refractivity contribution in [1.29, 1.82) is 0 Å². The average Bonchev–Trinajstić information content (AvgIpc) is 3.21. The minimum absolute atomic E-state index is 0.0862. The number of benzene rings is 2. The minimum Gasteiger partial charge on any atom is -0.355 e. The molecule has 4 aliphatic rings. The Morgan fingerprint density at radius 1 is 0.969 bits per heavy atom. The molecule has 1 aromatic heterocycles. The van der Waals surface area contributed by atoms with Gasteiger partial charge in [0, 0.05) is 17.1 Å². The molecular formula is C25H26BrN5O. The van der Waals surface area contributed by atoms with Gasteiger partial charge in [0.2, 0.25) is 10.6 Å². The van der Waals surface area contributed by atoms with E-state index in [0.29, 0.717) is 16.6 Å². The van der Waals surface area contributed by atoms with E-state index in [9.17, 15) is 4.79 Å². The van der Waals surface area contributed by atoms with Gasteiger partial charge in [0.15, 0.2) is 0 Å². The molecule has 7 rings (SSSR count). The fraction of sp³-hybridized carbons (Fsp3) is 0.400. The van der Waals surface area contributed by atoms with Crippen molar-refractivity contribution < 1.29 is 4.79 Å². The number of para-hydroxylation sites is 1. The van der Waals surface area contributed by atoms with Gasteiger partial charge in [-0.2, -0.15) is 0 Å². The molecule has 2 aromatic carbocycles. The molecule has 1 heterocycles. The average molecular weight is 492 g/mol. The van der Waals surface area contributed by atoms with Crippen LogP contribution in [0.2, 0.25) is 0 Å². The Kier molecular flexibility index (Phi) is 4.64. The second-order valence-electron chi connectivity index (χ2n) is 9.95. The molecule has 4 saturated carbocycles. The standard InChI is InChI=1S/C25H26BrN5O/c26-23-27-16-31(30-23)25-13-17-9-18(14-25)12-24(11-17,15-25)22(32)29-21-8-4-7-20(10-21)28-19-5-2-1-3-6-19/h1-8,10,16-18,28H,9,11-15H2,(H,29,32)/t17-,18-,24?,25?/m1/s1. The highest BCUT2D eigenvalue weighted by Gasteiger charge is 2.61. The van der Waals surface area contributed by atoms with E-state index in [-0.39, 0.29) is 16.9 Å². The Bertz CT molecular complexity index is 1150. The predicted molar refractivity (Wildman–Crippen MR) is 128 cm³/mol. The van der Waals surface area contributed by atoms with Gasteiger partial charge in [-0.05, 0) is 96.6 Å². The van der Waals surface area contributed by atoms with Crippen LogP contribution in [0.4, 0.5) is 17.1 Å². The molecule has 164 valence electrons. The van der Waals surface area contributed by atoms with Crippen molar-refractivity contribution in [3.63, 3.8) is 0 Å². The van der Waals surface area contributed by atoms with Gasteiger partial charge in [0.25, 0.3) is 0 Å². The Balaban J connectivity index is 1.24. The third kappa shape index (κ3) is 3.43. The van der Waals surface area contributed by atoms with Crippen LogP contribution >= 0.6 is 15.9 Å². The number of rotatable bonds is 5. The molecule has 2 atom stereocenters. The zero-order valence-corrected chi connectivity index (χ0v) is 19.4. The van der Waals surface area contributed by atoms with Crippen molar-refractivity contribution in [2.24, 2.45) is 17.3 Å². The molecular weight excluding hydrogens is 466 g/mol. The van der Waals surface area contributed by atoms with Crippen LogP contribution in [0.5, 0.6) is 0 Å². The fourth-order valence-electron chi connectivity index (χ4n) is 6.85. The number of nitrogens with zero attached hydrogens (tertiary/aromatic N) is 3. The Morgan fingerprint density at radius 2 is 1.69 bits per heavy atom. The SMILES string of the molecule is O=C(Nc1cccc(Nc2ccccc2)c1)C12C[C@H]3C[C@H](C1)CC(n1cnc(Br)n1)(C3)C2. The second-order valence-corrected chi connectivity index (χ2v) is 10.7. The van der Waals surface area contributed by atoms with Crippen molar-refractivity contribution >= 4 is 38.9 Å². The maximum Gasteiger partial charge on any atom is 0.230 e. The van der Waals surface area contributed by atoms with E-state index >= 15 is 0 Å². The van der Waals surface area contributed by atoms with Crippen LogP contribution < -0.4 is 10.6 Å². The largest absolute Gasteiger partial charge is 0.355 e. The van der Waals surface area contributed by atoms with E-state index in [0.717, 1.165) is 49.2 Å². The number of anilines is 3. The Hall–Kier alpha value is -2.67. The van der Waals surface area contributed by atoms with E-state index in [1.54, 1.807) is 0 Å². The normalized spacial score (nSPS) is 30.3. The lowest BCUT2D eigenvalue weighted by Crippen LogP contribution is -2.60. The second kappa shape index (κ2) is 7.44. The number of amides is 1. The van der Waals surface area contributed by atoms with Crippen molar-refractivity contribution in [2.45, 2.75) is 44.1 Å². The van der Waals surface area contributed by atoms with Crippen molar-refractivity contribution in [3.05, 3.63) is 65.7 Å². The summed E-state index contributed by atoms with van der Waals surface area (Å²) in [5.74, 6) is 1.32. The summed E-state index contributed by atoms with van der Waals surface area (Å²) in [7, 11) is 0. The monoisotopic (exact) mass is 491 g/mol. The van der Waals surface area contributed by atoms with Crippen molar-refractivity contribution in [3.8, 4) is 0 Å².